The number of hydrogen-bond donors (Lipinski definition) is 2. The van der Waals surface area contributed by atoms with Gasteiger partial charge >= 0.3 is 0 Å². The number of aromatic nitrogens is 4. The van der Waals surface area contributed by atoms with Gasteiger partial charge in [-0.15, -0.1) is 21.5 Å². The van der Waals surface area contributed by atoms with Crippen molar-refractivity contribution in [1.29, 1.82) is 0 Å². The van der Waals surface area contributed by atoms with Gasteiger partial charge < -0.3 is 10.3 Å². The highest BCUT2D eigenvalue weighted by molar-refractivity contribution is 7.99. The lowest BCUT2D eigenvalue weighted by molar-refractivity contribution is -0.113. The van der Waals surface area contributed by atoms with Crippen molar-refractivity contribution >= 4 is 34.1 Å². The van der Waals surface area contributed by atoms with Crippen molar-refractivity contribution < 1.29 is 4.79 Å². The molecule has 23 heavy (non-hydrogen) atoms. The average molecular weight is 345 g/mol. The zero-order valence-electron chi connectivity index (χ0n) is 12.7. The summed E-state index contributed by atoms with van der Waals surface area (Å²) in [5.74, 6) is 0.835. The molecule has 8 heteroatoms. The lowest BCUT2D eigenvalue weighted by Gasteiger charge is -1.99. The third kappa shape index (κ3) is 4.17. The number of carbonyl (C=O) groups is 1. The lowest BCUT2D eigenvalue weighted by atomic mass is 10.1. The Morgan fingerprint density at radius 1 is 1.26 bits per heavy atom. The number of aromatic amines is 1. The van der Waals surface area contributed by atoms with Crippen LogP contribution in [-0.4, -0.2) is 31.8 Å². The van der Waals surface area contributed by atoms with Gasteiger partial charge in [-0.25, -0.2) is 4.98 Å². The topological polar surface area (TPSA) is 83.6 Å². The van der Waals surface area contributed by atoms with Gasteiger partial charge in [-0.05, 0) is 13.8 Å². The Hall–Kier alpha value is -2.19. The van der Waals surface area contributed by atoms with Gasteiger partial charge in [-0.1, -0.05) is 41.6 Å². The van der Waals surface area contributed by atoms with Gasteiger partial charge in [0.05, 0.1) is 5.75 Å². The summed E-state index contributed by atoms with van der Waals surface area (Å²) in [4.78, 5) is 20.2. The molecule has 2 heterocycles. The summed E-state index contributed by atoms with van der Waals surface area (Å²) in [7, 11) is 0. The van der Waals surface area contributed by atoms with Gasteiger partial charge in [-0.3, -0.25) is 4.79 Å². The summed E-state index contributed by atoms with van der Waals surface area (Å²) in [6.45, 7) is 3.98. The van der Waals surface area contributed by atoms with Gasteiger partial charge in [0.15, 0.2) is 16.1 Å². The second-order valence-corrected chi connectivity index (χ2v) is 7.16. The predicted octanol–water partition coefficient (Wildman–Crippen LogP) is 3.28. The van der Waals surface area contributed by atoms with E-state index in [4.69, 9.17) is 0 Å². The summed E-state index contributed by atoms with van der Waals surface area (Å²) in [5.41, 5.74) is 2.16. The molecule has 2 aromatic heterocycles. The number of rotatable bonds is 5. The number of aryl methyl sites for hydroxylation is 2. The number of nitrogens with one attached hydrogen (secondary N) is 2. The number of carbonyl (C=O) groups excluding carboxylic acids is 1. The van der Waals surface area contributed by atoms with Gasteiger partial charge in [-0.2, -0.15) is 0 Å². The van der Waals surface area contributed by atoms with Crippen molar-refractivity contribution in [2.75, 3.05) is 11.1 Å². The number of nitrogens with zero attached hydrogens (tertiary/aromatic N) is 3. The Labute approximate surface area is 141 Å². The van der Waals surface area contributed by atoms with E-state index in [0.717, 1.165) is 10.4 Å². The summed E-state index contributed by atoms with van der Waals surface area (Å²) in [6.07, 6.45) is 1.73. The normalized spacial score (nSPS) is 10.7. The van der Waals surface area contributed by atoms with Crippen LogP contribution >= 0.6 is 23.1 Å². The highest BCUT2D eigenvalue weighted by Gasteiger charge is 2.10. The van der Waals surface area contributed by atoms with E-state index < -0.39 is 0 Å². The molecule has 1 aromatic carbocycles. The van der Waals surface area contributed by atoms with E-state index in [1.165, 1.54) is 28.7 Å². The average Bonchev–Trinajstić information content (AvgIpc) is 3.15. The number of thiazole rings is 1. The molecule has 3 rings (SSSR count). The number of amides is 1. The van der Waals surface area contributed by atoms with Crippen LogP contribution in [0, 0.1) is 13.8 Å². The smallest absolute Gasteiger partial charge is 0.236 e. The molecule has 0 unspecified atom stereocenters. The molecule has 118 valence electrons. The first-order valence-corrected chi connectivity index (χ1v) is 8.75. The van der Waals surface area contributed by atoms with Crippen molar-refractivity contribution in [3.63, 3.8) is 0 Å². The van der Waals surface area contributed by atoms with Crippen molar-refractivity contribution in [3.05, 3.63) is 40.9 Å². The second kappa shape index (κ2) is 6.93. The van der Waals surface area contributed by atoms with Crippen LogP contribution in [0.25, 0.3) is 11.4 Å². The molecule has 0 aliphatic carbocycles. The number of thioether (sulfide) groups is 1. The first-order valence-electron chi connectivity index (χ1n) is 6.95. The van der Waals surface area contributed by atoms with Crippen LogP contribution in [0.1, 0.15) is 10.4 Å². The van der Waals surface area contributed by atoms with E-state index in [1.807, 2.05) is 38.1 Å². The van der Waals surface area contributed by atoms with Crippen molar-refractivity contribution in [2.24, 2.45) is 0 Å². The third-order valence-electron chi connectivity index (χ3n) is 3.00. The van der Waals surface area contributed by atoms with E-state index in [1.54, 1.807) is 6.20 Å². The summed E-state index contributed by atoms with van der Waals surface area (Å²) in [6, 6.07) is 8.02. The molecule has 0 atom stereocenters. The maximum absolute atomic E-state index is 11.9. The van der Waals surface area contributed by atoms with E-state index in [9.17, 15) is 4.79 Å². The Balaban J connectivity index is 1.56. The quantitative estimate of drug-likeness (QED) is 0.693. The highest BCUT2D eigenvalue weighted by atomic mass is 32.2. The SMILES string of the molecule is Cc1ccc(-c2nnc(SCC(=O)Nc3ncc(C)s3)[nH]2)cc1. The third-order valence-corrected chi connectivity index (χ3v) is 4.69. The second-order valence-electron chi connectivity index (χ2n) is 4.96. The first kappa shape index (κ1) is 15.7. The van der Waals surface area contributed by atoms with E-state index in [-0.39, 0.29) is 11.7 Å². The number of anilines is 1. The minimum absolute atomic E-state index is 0.113. The molecule has 0 bridgehead atoms. The van der Waals surface area contributed by atoms with Crippen LogP contribution in [0.5, 0.6) is 0 Å². The summed E-state index contributed by atoms with van der Waals surface area (Å²) < 4.78 is 0. The highest BCUT2D eigenvalue weighted by Crippen LogP contribution is 2.20. The standard InChI is InChI=1S/C15H15N5OS2/c1-9-3-5-11(6-4-9)13-18-15(20-19-13)22-8-12(21)17-14-16-7-10(2)23-14/h3-7H,8H2,1-2H3,(H,16,17,21)(H,18,19,20). The van der Waals surface area contributed by atoms with Gasteiger partial charge in [0.1, 0.15) is 0 Å². The molecular formula is C15H15N5OS2. The largest absolute Gasteiger partial charge is 0.316 e. The van der Waals surface area contributed by atoms with Gasteiger partial charge in [0.2, 0.25) is 5.91 Å². The molecule has 1 amide bonds. The van der Waals surface area contributed by atoms with Crippen molar-refractivity contribution in [1.82, 2.24) is 20.2 Å². The molecule has 0 aliphatic rings. The fraction of sp³-hybridized carbons (Fsp3) is 0.200. The minimum Gasteiger partial charge on any atom is -0.316 e. The van der Waals surface area contributed by atoms with Crippen LogP contribution in [0.4, 0.5) is 5.13 Å². The fourth-order valence-electron chi connectivity index (χ4n) is 1.85. The lowest BCUT2D eigenvalue weighted by Crippen LogP contribution is -2.13. The monoisotopic (exact) mass is 345 g/mol. The Morgan fingerprint density at radius 2 is 2.04 bits per heavy atom. The van der Waals surface area contributed by atoms with Crippen LogP contribution in [0.15, 0.2) is 35.6 Å². The molecule has 6 nitrogen and oxygen atoms in total. The molecule has 0 saturated heterocycles. The molecule has 0 saturated carbocycles. The van der Waals surface area contributed by atoms with Gasteiger partial charge in [0, 0.05) is 16.6 Å². The van der Waals surface area contributed by atoms with Crippen molar-refractivity contribution in [2.45, 2.75) is 19.0 Å². The van der Waals surface area contributed by atoms with Crippen LogP contribution in [0.2, 0.25) is 0 Å². The Kier molecular flexibility index (Phi) is 4.73. The van der Waals surface area contributed by atoms with E-state index >= 15 is 0 Å². The maximum Gasteiger partial charge on any atom is 0.236 e. The Morgan fingerprint density at radius 3 is 2.74 bits per heavy atom. The van der Waals surface area contributed by atoms with Crippen LogP contribution in [0.3, 0.4) is 0 Å². The minimum atomic E-state index is -0.113. The molecule has 3 aromatic rings. The zero-order valence-corrected chi connectivity index (χ0v) is 14.3. The van der Waals surface area contributed by atoms with Crippen LogP contribution in [-0.2, 0) is 4.79 Å². The van der Waals surface area contributed by atoms with Crippen molar-refractivity contribution in [3.8, 4) is 11.4 Å². The molecule has 0 spiro atoms. The summed E-state index contributed by atoms with van der Waals surface area (Å²) >= 11 is 2.76. The Bertz CT molecular complexity index is 809. The summed E-state index contributed by atoms with van der Waals surface area (Å²) in [5, 5.41) is 12.2. The predicted molar refractivity (Wildman–Crippen MR) is 92.8 cm³/mol. The number of hydrogen-bond acceptors (Lipinski definition) is 6. The van der Waals surface area contributed by atoms with E-state index in [2.05, 4.69) is 25.5 Å². The maximum atomic E-state index is 11.9. The molecular weight excluding hydrogens is 330 g/mol. The molecule has 0 aliphatic heterocycles. The van der Waals surface area contributed by atoms with E-state index in [0.29, 0.717) is 16.1 Å². The molecule has 0 radical (unpaired) electrons. The first-order chi connectivity index (χ1) is 11.1. The molecule has 0 fully saturated rings. The number of benzene rings is 1. The van der Waals surface area contributed by atoms with Crippen LogP contribution < -0.4 is 5.32 Å². The number of H-pyrrole nitrogens is 1. The van der Waals surface area contributed by atoms with Gasteiger partial charge in [0.25, 0.3) is 0 Å². The molecule has 2 N–H and O–H groups in total. The zero-order chi connectivity index (χ0) is 16.2. The fourth-order valence-corrected chi connectivity index (χ4v) is 3.14.